The molecule has 42 heavy (non-hydrogen) atoms. The largest absolute Gasteiger partial charge is 0.435 e. The molecule has 1 aromatic heterocycles. The number of oxazole rings is 1. The van der Waals surface area contributed by atoms with Gasteiger partial charge in [-0.2, -0.15) is 26.3 Å². The van der Waals surface area contributed by atoms with Crippen LogP contribution >= 0.6 is 0 Å². The molecule has 0 bridgehead atoms. The van der Waals surface area contributed by atoms with Crippen LogP contribution in [0.25, 0.3) is 22.8 Å². The number of halogens is 6. The quantitative estimate of drug-likeness (QED) is 0.229. The van der Waals surface area contributed by atoms with E-state index in [0.717, 1.165) is 5.56 Å². The number of carbonyl (C=O) groups excluding carboxylic acids is 2. The van der Waals surface area contributed by atoms with E-state index in [-0.39, 0.29) is 34.7 Å². The number of alkyl halides is 6. The van der Waals surface area contributed by atoms with Crippen LogP contribution in [0.5, 0.6) is 0 Å². The summed E-state index contributed by atoms with van der Waals surface area (Å²) in [6, 6.07) is 14.0. The molecule has 0 radical (unpaired) electrons. The molecule has 3 aromatic carbocycles. The first-order valence-electron chi connectivity index (χ1n) is 12.5. The number of anilines is 2. The number of carbonyl (C=O) groups is 2. The number of nitrogens with one attached hydrogen (secondary N) is 2. The summed E-state index contributed by atoms with van der Waals surface area (Å²) in [5.41, 5.74) is -2.16. The molecular weight excluding hydrogens is 564 g/mol. The van der Waals surface area contributed by atoms with Gasteiger partial charge in [0.05, 0.1) is 11.1 Å². The van der Waals surface area contributed by atoms with Crippen molar-refractivity contribution in [3.8, 4) is 22.8 Å². The molecule has 0 saturated heterocycles. The minimum atomic E-state index is -5.10. The van der Waals surface area contributed by atoms with Gasteiger partial charge in [0.1, 0.15) is 0 Å². The van der Waals surface area contributed by atoms with Crippen molar-refractivity contribution in [1.82, 2.24) is 4.98 Å². The molecule has 0 spiro atoms. The zero-order valence-corrected chi connectivity index (χ0v) is 22.8. The normalized spacial score (nSPS) is 12.2. The second-order valence-electron chi connectivity index (χ2n) is 10.5. The van der Waals surface area contributed by atoms with Crippen LogP contribution in [0.15, 0.2) is 71.1 Å². The van der Waals surface area contributed by atoms with Crippen molar-refractivity contribution in [2.45, 2.75) is 45.5 Å². The lowest BCUT2D eigenvalue weighted by molar-refractivity contribution is -0.143. The van der Waals surface area contributed by atoms with Gasteiger partial charge in [0, 0.05) is 29.4 Å². The smallest absolute Gasteiger partial charge is 0.416 e. The number of benzene rings is 3. The monoisotopic (exact) mass is 589 g/mol. The number of amides is 2. The highest BCUT2D eigenvalue weighted by atomic mass is 19.4. The van der Waals surface area contributed by atoms with Crippen molar-refractivity contribution in [3.63, 3.8) is 0 Å². The molecule has 220 valence electrons. The third-order valence-electron chi connectivity index (χ3n) is 6.15. The molecular formula is C30H25F6N3O3. The fraction of sp³-hybridized carbons (Fsp3) is 0.233. The Hall–Kier alpha value is -4.61. The summed E-state index contributed by atoms with van der Waals surface area (Å²) in [5, 5.41) is 4.69. The lowest BCUT2D eigenvalue weighted by Gasteiger charge is -2.18. The summed E-state index contributed by atoms with van der Waals surface area (Å²) in [4.78, 5) is 29.0. The van der Waals surface area contributed by atoms with Gasteiger partial charge in [-0.15, -0.1) is 0 Å². The zero-order chi connectivity index (χ0) is 31.0. The Bertz CT molecular complexity index is 1580. The number of rotatable bonds is 5. The predicted octanol–water partition coefficient (Wildman–Crippen LogP) is 8.55. The number of aromatic nitrogens is 1. The van der Waals surface area contributed by atoms with Crippen molar-refractivity contribution >= 4 is 23.2 Å². The maximum absolute atomic E-state index is 13.4. The zero-order valence-electron chi connectivity index (χ0n) is 22.8. The SMILES string of the molecule is CC(=O)Nc1ccc(-c2oc(-c3ccc(C(C)(C)C)cc3)nc2C(=O)Nc2cc(C(F)(F)F)cc(C(F)(F)F)c2)cc1. The van der Waals surface area contributed by atoms with E-state index in [1.165, 1.54) is 31.2 Å². The number of nitrogens with zero attached hydrogens (tertiary/aromatic N) is 1. The van der Waals surface area contributed by atoms with Gasteiger partial charge in [0.2, 0.25) is 11.8 Å². The molecule has 0 unspecified atom stereocenters. The Labute approximate surface area is 236 Å². The molecule has 2 amide bonds. The minimum absolute atomic E-state index is 0.00145. The Morgan fingerprint density at radius 3 is 1.69 bits per heavy atom. The molecule has 0 saturated carbocycles. The van der Waals surface area contributed by atoms with Crippen LogP contribution in [-0.2, 0) is 22.6 Å². The van der Waals surface area contributed by atoms with Crippen LogP contribution in [0.4, 0.5) is 37.7 Å². The Morgan fingerprint density at radius 2 is 1.21 bits per heavy atom. The Balaban J connectivity index is 1.78. The van der Waals surface area contributed by atoms with Crippen molar-refractivity contribution in [1.29, 1.82) is 0 Å². The molecule has 4 aromatic rings. The summed E-state index contributed by atoms with van der Waals surface area (Å²) in [5.74, 6) is -1.49. The summed E-state index contributed by atoms with van der Waals surface area (Å²) >= 11 is 0. The topological polar surface area (TPSA) is 84.2 Å². The van der Waals surface area contributed by atoms with E-state index in [1.54, 1.807) is 12.1 Å². The first-order chi connectivity index (χ1) is 19.4. The first-order valence-corrected chi connectivity index (χ1v) is 12.5. The fourth-order valence-corrected chi connectivity index (χ4v) is 4.03. The van der Waals surface area contributed by atoms with Crippen LogP contribution in [0, 0.1) is 0 Å². The average Bonchev–Trinajstić information content (AvgIpc) is 3.33. The van der Waals surface area contributed by atoms with Gasteiger partial charge in [-0.1, -0.05) is 32.9 Å². The second-order valence-corrected chi connectivity index (χ2v) is 10.5. The van der Waals surface area contributed by atoms with E-state index in [0.29, 0.717) is 28.9 Å². The van der Waals surface area contributed by atoms with E-state index >= 15 is 0 Å². The minimum Gasteiger partial charge on any atom is -0.435 e. The highest BCUT2D eigenvalue weighted by Crippen LogP contribution is 2.38. The molecule has 1 heterocycles. The van der Waals surface area contributed by atoms with Crippen LogP contribution in [0.1, 0.15) is 54.9 Å². The molecule has 2 N–H and O–H groups in total. The molecule has 4 rings (SSSR count). The Morgan fingerprint density at radius 1 is 0.690 bits per heavy atom. The van der Waals surface area contributed by atoms with Crippen molar-refractivity contribution in [2.24, 2.45) is 0 Å². The maximum Gasteiger partial charge on any atom is 0.416 e. The van der Waals surface area contributed by atoms with Crippen LogP contribution in [-0.4, -0.2) is 16.8 Å². The van der Waals surface area contributed by atoms with Gasteiger partial charge >= 0.3 is 12.4 Å². The van der Waals surface area contributed by atoms with Gasteiger partial charge in [-0.25, -0.2) is 4.98 Å². The predicted molar refractivity (Wildman–Crippen MR) is 145 cm³/mol. The van der Waals surface area contributed by atoms with E-state index in [4.69, 9.17) is 4.42 Å². The van der Waals surface area contributed by atoms with Gasteiger partial charge in [0.25, 0.3) is 5.91 Å². The molecule has 12 heteroatoms. The molecule has 0 aliphatic carbocycles. The Kier molecular flexibility index (Phi) is 7.94. The van der Waals surface area contributed by atoms with Gasteiger partial charge in [-0.3, -0.25) is 9.59 Å². The first kappa shape index (κ1) is 30.4. The van der Waals surface area contributed by atoms with Crippen molar-refractivity contribution < 1.29 is 40.3 Å². The summed E-state index contributed by atoms with van der Waals surface area (Å²) in [6.45, 7) is 7.39. The van der Waals surface area contributed by atoms with E-state index < -0.39 is 35.1 Å². The van der Waals surface area contributed by atoms with E-state index in [9.17, 15) is 35.9 Å². The average molecular weight is 590 g/mol. The van der Waals surface area contributed by atoms with Crippen LogP contribution < -0.4 is 10.6 Å². The molecule has 6 nitrogen and oxygen atoms in total. The standard InChI is InChI=1S/C30H25F6N3O3/c1-16(40)37-22-11-7-17(8-12-22)25-24(39-27(42-25)18-5-9-19(10-6-18)28(2,3)4)26(41)38-23-14-20(29(31,32)33)13-21(15-23)30(34,35)36/h5-15H,1-4H3,(H,37,40)(H,38,41). The maximum atomic E-state index is 13.4. The lowest BCUT2D eigenvalue weighted by Crippen LogP contribution is -2.16. The third kappa shape index (κ3) is 6.99. The van der Waals surface area contributed by atoms with Crippen molar-refractivity contribution in [2.75, 3.05) is 10.6 Å². The second kappa shape index (κ2) is 11.0. The molecule has 0 aliphatic heterocycles. The summed E-state index contributed by atoms with van der Waals surface area (Å²) in [6.07, 6.45) is -10.2. The van der Waals surface area contributed by atoms with Crippen molar-refractivity contribution in [3.05, 3.63) is 89.1 Å². The summed E-state index contributed by atoms with van der Waals surface area (Å²) < 4.78 is 86.0. The van der Waals surface area contributed by atoms with Gasteiger partial charge < -0.3 is 15.1 Å². The fourth-order valence-electron chi connectivity index (χ4n) is 4.03. The van der Waals surface area contributed by atoms with Crippen LogP contribution in [0.3, 0.4) is 0 Å². The molecule has 0 aliphatic rings. The lowest BCUT2D eigenvalue weighted by atomic mass is 9.87. The van der Waals surface area contributed by atoms with E-state index in [1.807, 2.05) is 32.9 Å². The highest BCUT2D eigenvalue weighted by molar-refractivity contribution is 6.07. The summed E-state index contributed by atoms with van der Waals surface area (Å²) in [7, 11) is 0. The van der Waals surface area contributed by atoms with Gasteiger partial charge in [-0.05, 0) is 65.6 Å². The number of hydrogen-bond donors (Lipinski definition) is 2. The molecule has 0 atom stereocenters. The third-order valence-corrected chi connectivity index (χ3v) is 6.15. The molecule has 0 fully saturated rings. The highest BCUT2D eigenvalue weighted by Gasteiger charge is 2.37. The van der Waals surface area contributed by atoms with Crippen LogP contribution in [0.2, 0.25) is 0 Å². The van der Waals surface area contributed by atoms with E-state index in [2.05, 4.69) is 15.6 Å². The number of hydrogen-bond acceptors (Lipinski definition) is 4. The van der Waals surface area contributed by atoms with Gasteiger partial charge in [0.15, 0.2) is 11.5 Å².